The second kappa shape index (κ2) is 4.28. The van der Waals surface area contributed by atoms with Crippen molar-refractivity contribution in [3.05, 3.63) is 20.8 Å². The van der Waals surface area contributed by atoms with Crippen LogP contribution >= 0.6 is 31.9 Å². The van der Waals surface area contributed by atoms with Gasteiger partial charge in [-0.25, -0.2) is 4.79 Å². The normalized spacial score (nSPS) is 10.2. The molecule has 0 unspecified atom stereocenters. The summed E-state index contributed by atoms with van der Waals surface area (Å²) < 4.78 is 8.27. The first kappa shape index (κ1) is 10.8. The van der Waals surface area contributed by atoms with Gasteiger partial charge in [0.1, 0.15) is 5.69 Å². The highest BCUT2D eigenvalue weighted by molar-refractivity contribution is 9.13. The molecule has 1 rings (SSSR count). The largest absolute Gasteiger partial charge is 0.461 e. The van der Waals surface area contributed by atoms with Crippen molar-refractivity contribution in [2.24, 2.45) is 7.05 Å². The number of esters is 1. The Morgan fingerprint density at radius 1 is 1.62 bits per heavy atom. The standard InChI is InChI=1S/C8H9Br2NO2/c1-3-13-8(12)6-4-5(9)7(10)11(6)2/h4H,3H2,1-2H3. The van der Waals surface area contributed by atoms with E-state index in [1.165, 1.54) is 0 Å². The Balaban J connectivity index is 3.01. The van der Waals surface area contributed by atoms with E-state index in [0.717, 1.165) is 9.08 Å². The lowest BCUT2D eigenvalue weighted by Gasteiger charge is -2.02. The molecule has 0 spiro atoms. The van der Waals surface area contributed by atoms with Crippen LogP contribution in [-0.2, 0) is 11.8 Å². The molecule has 0 aliphatic carbocycles. The molecule has 3 nitrogen and oxygen atoms in total. The van der Waals surface area contributed by atoms with Crippen LogP contribution in [0.2, 0.25) is 0 Å². The Morgan fingerprint density at radius 3 is 2.62 bits per heavy atom. The highest BCUT2D eigenvalue weighted by Crippen LogP contribution is 2.26. The van der Waals surface area contributed by atoms with Gasteiger partial charge in [0, 0.05) is 7.05 Å². The maximum absolute atomic E-state index is 11.3. The molecule has 0 aliphatic rings. The maximum atomic E-state index is 11.3. The predicted molar refractivity (Wildman–Crippen MR) is 56.8 cm³/mol. The van der Waals surface area contributed by atoms with Crippen LogP contribution in [0.5, 0.6) is 0 Å². The van der Waals surface area contributed by atoms with Crippen molar-refractivity contribution in [3.8, 4) is 0 Å². The van der Waals surface area contributed by atoms with Gasteiger partial charge in [-0.05, 0) is 44.8 Å². The highest BCUT2D eigenvalue weighted by Gasteiger charge is 2.15. The lowest BCUT2D eigenvalue weighted by atomic mass is 10.4. The number of ether oxygens (including phenoxy) is 1. The van der Waals surface area contributed by atoms with Crippen molar-refractivity contribution in [1.29, 1.82) is 0 Å². The molecule has 0 bridgehead atoms. The molecular formula is C8H9Br2NO2. The summed E-state index contributed by atoms with van der Waals surface area (Å²) in [6.45, 7) is 2.17. The molecule has 1 aromatic heterocycles. The van der Waals surface area contributed by atoms with Crippen LogP contribution in [0.1, 0.15) is 17.4 Å². The van der Waals surface area contributed by atoms with Crippen LogP contribution in [0.4, 0.5) is 0 Å². The molecule has 5 heteroatoms. The molecule has 0 atom stereocenters. The van der Waals surface area contributed by atoms with Crippen molar-refractivity contribution in [1.82, 2.24) is 4.57 Å². The van der Waals surface area contributed by atoms with Gasteiger partial charge >= 0.3 is 5.97 Å². The maximum Gasteiger partial charge on any atom is 0.354 e. The minimum atomic E-state index is -0.309. The van der Waals surface area contributed by atoms with Gasteiger partial charge < -0.3 is 9.30 Å². The summed E-state index contributed by atoms with van der Waals surface area (Å²) in [7, 11) is 1.79. The number of carbonyl (C=O) groups excluding carboxylic acids is 1. The summed E-state index contributed by atoms with van der Waals surface area (Å²) in [4.78, 5) is 11.3. The van der Waals surface area contributed by atoms with Gasteiger partial charge in [0.2, 0.25) is 0 Å². The molecule has 0 N–H and O–H groups in total. The molecule has 0 saturated heterocycles. The third-order valence-corrected chi connectivity index (χ3v) is 3.70. The third-order valence-electron chi connectivity index (χ3n) is 1.60. The topological polar surface area (TPSA) is 31.2 Å². The van der Waals surface area contributed by atoms with Crippen LogP contribution in [0, 0.1) is 0 Å². The van der Waals surface area contributed by atoms with E-state index in [9.17, 15) is 4.79 Å². The molecular weight excluding hydrogens is 302 g/mol. The summed E-state index contributed by atoms with van der Waals surface area (Å²) in [5.41, 5.74) is 0.528. The zero-order valence-corrected chi connectivity index (χ0v) is 10.5. The van der Waals surface area contributed by atoms with Crippen LogP contribution in [-0.4, -0.2) is 17.1 Å². The van der Waals surface area contributed by atoms with Gasteiger partial charge in [0.25, 0.3) is 0 Å². The monoisotopic (exact) mass is 309 g/mol. The number of carbonyl (C=O) groups is 1. The van der Waals surface area contributed by atoms with Crippen molar-refractivity contribution in [2.75, 3.05) is 6.61 Å². The molecule has 0 amide bonds. The van der Waals surface area contributed by atoms with Gasteiger partial charge in [-0.3, -0.25) is 0 Å². The van der Waals surface area contributed by atoms with Crippen molar-refractivity contribution >= 4 is 37.8 Å². The van der Waals surface area contributed by atoms with Crippen molar-refractivity contribution in [2.45, 2.75) is 6.92 Å². The Hall–Kier alpha value is -0.290. The van der Waals surface area contributed by atoms with E-state index in [0.29, 0.717) is 12.3 Å². The van der Waals surface area contributed by atoms with E-state index >= 15 is 0 Å². The second-order valence-corrected chi connectivity index (χ2v) is 4.05. The molecule has 1 heterocycles. The molecule has 0 saturated carbocycles. The number of hydrogen-bond acceptors (Lipinski definition) is 2. The van der Waals surface area contributed by atoms with Gasteiger partial charge in [-0.2, -0.15) is 0 Å². The fraction of sp³-hybridized carbons (Fsp3) is 0.375. The minimum absolute atomic E-state index is 0.309. The van der Waals surface area contributed by atoms with Crippen LogP contribution < -0.4 is 0 Å². The van der Waals surface area contributed by atoms with E-state index in [2.05, 4.69) is 31.9 Å². The minimum Gasteiger partial charge on any atom is -0.461 e. The van der Waals surface area contributed by atoms with Gasteiger partial charge in [-0.15, -0.1) is 0 Å². The fourth-order valence-corrected chi connectivity index (χ4v) is 1.73. The van der Waals surface area contributed by atoms with Gasteiger partial charge in [0.05, 0.1) is 15.7 Å². The van der Waals surface area contributed by atoms with E-state index in [1.807, 2.05) is 0 Å². The highest BCUT2D eigenvalue weighted by atomic mass is 79.9. The molecule has 72 valence electrons. The Kier molecular flexibility index (Phi) is 3.55. The summed E-state index contributed by atoms with van der Waals surface area (Å²) in [5.74, 6) is -0.309. The zero-order chi connectivity index (χ0) is 10.0. The molecule has 1 aromatic rings. The van der Waals surface area contributed by atoms with Crippen LogP contribution in [0.3, 0.4) is 0 Å². The number of nitrogens with zero attached hydrogens (tertiary/aromatic N) is 1. The van der Waals surface area contributed by atoms with E-state index in [4.69, 9.17) is 4.74 Å². The smallest absolute Gasteiger partial charge is 0.354 e. The average molecular weight is 311 g/mol. The molecule has 0 fully saturated rings. The lowest BCUT2D eigenvalue weighted by molar-refractivity contribution is 0.0515. The van der Waals surface area contributed by atoms with E-state index in [-0.39, 0.29) is 5.97 Å². The summed E-state index contributed by atoms with van der Waals surface area (Å²) >= 11 is 6.64. The Labute approximate surface area is 93.3 Å². The number of aromatic nitrogens is 1. The molecule has 0 aromatic carbocycles. The Bertz CT molecular complexity index is 333. The summed E-state index contributed by atoms with van der Waals surface area (Å²) in [5, 5.41) is 0. The molecule has 0 radical (unpaired) electrons. The molecule has 0 aliphatic heterocycles. The first-order valence-corrected chi connectivity index (χ1v) is 5.34. The summed E-state index contributed by atoms with van der Waals surface area (Å²) in [6.07, 6.45) is 0. The first-order valence-electron chi connectivity index (χ1n) is 3.75. The Morgan fingerprint density at radius 2 is 2.23 bits per heavy atom. The predicted octanol–water partition coefficient (Wildman–Crippen LogP) is 2.73. The fourth-order valence-electron chi connectivity index (χ4n) is 0.943. The average Bonchev–Trinajstić information content (AvgIpc) is 2.33. The molecule has 13 heavy (non-hydrogen) atoms. The second-order valence-electron chi connectivity index (χ2n) is 2.45. The van der Waals surface area contributed by atoms with E-state index < -0.39 is 0 Å². The summed E-state index contributed by atoms with van der Waals surface area (Å²) in [6, 6.07) is 1.72. The number of rotatable bonds is 2. The van der Waals surface area contributed by atoms with Crippen LogP contribution in [0.15, 0.2) is 15.1 Å². The van der Waals surface area contributed by atoms with Crippen molar-refractivity contribution in [3.63, 3.8) is 0 Å². The number of halogens is 2. The lowest BCUT2D eigenvalue weighted by Crippen LogP contribution is -2.09. The number of hydrogen-bond donors (Lipinski definition) is 0. The SMILES string of the molecule is CCOC(=O)c1cc(Br)c(Br)n1C. The zero-order valence-electron chi connectivity index (χ0n) is 7.30. The van der Waals surface area contributed by atoms with Crippen LogP contribution in [0.25, 0.3) is 0 Å². The van der Waals surface area contributed by atoms with Gasteiger partial charge in [0.15, 0.2) is 0 Å². The first-order chi connectivity index (χ1) is 6.07. The van der Waals surface area contributed by atoms with E-state index in [1.54, 1.807) is 24.6 Å². The van der Waals surface area contributed by atoms with Gasteiger partial charge in [-0.1, -0.05) is 0 Å². The quantitative estimate of drug-likeness (QED) is 0.787. The van der Waals surface area contributed by atoms with Crippen molar-refractivity contribution < 1.29 is 9.53 Å². The third kappa shape index (κ3) is 2.14.